The number of nitrogens with zero attached hydrogens (tertiary/aromatic N) is 3. The first-order chi connectivity index (χ1) is 13.1. The van der Waals surface area contributed by atoms with Crippen molar-refractivity contribution in [1.29, 1.82) is 0 Å². The number of imidazole rings is 1. The SMILES string of the molecule is CC1CCN(C(=O)Cn2c(C(O)c3ccccc3)nc3ccccc32)CC1. The summed E-state index contributed by atoms with van der Waals surface area (Å²) >= 11 is 0. The molecular formula is C22H25N3O2. The number of hydrogen-bond acceptors (Lipinski definition) is 3. The fourth-order valence-corrected chi connectivity index (χ4v) is 3.75. The highest BCUT2D eigenvalue weighted by Crippen LogP contribution is 2.26. The van der Waals surface area contributed by atoms with Gasteiger partial charge in [0.1, 0.15) is 18.5 Å². The lowest BCUT2D eigenvalue weighted by atomic mass is 9.99. The van der Waals surface area contributed by atoms with Gasteiger partial charge >= 0.3 is 0 Å². The van der Waals surface area contributed by atoms with Gasteiger partial charge in [-0.15, -0.1) is 0 Å². The summed E-state index contributed by atoms with van der Waals surface area (Å²) in [6.45, 7) is 4.06. The number of fused-ring (bicyclic) bond motifs is 1. The molecule has 1 amide bonds. The first kappa shape index (κ1) is 17.7. The van der Waals surface area contributed by atoms with Crippen LogP contribution in [-0.2, 0) is 11.3 Å². The third-order valence-corrected chi connectivity index (χ3v) is 5.47. The van der Waals surface area contributed by atoms with E-state index in [4.69, 9.17) is 0 Å². The van der Waals surface area contributed by atoms with E-state index in [0.29, 0.717) is 11.7 Å². The standard InChI is InChI=1S/C22H25N3O2/c1-16-11-13-24(14-12-16)20(26)15-25-19-10-6-5-9-18(19)23-22(25)21(27)17-7-3-2-4-8-17/h2-10,16,21,27H,11-15H2,1H3. The molecule has 2 aromatic carbocycles. The van der Waals surface area contributed by atoms with Gasteiger partial charge in [0.15, 0.2) is 0 Å². The van der Waals surface area contributed by atoms with Crippen molar-refractivity contribution in [2.24, 2.45) is 5.92 Å². The van der Waals surface area contributed by atoms with E-state index in [9.17, 15) is 9.90 Å². The monoisotopic (exact) mass is 363 g/mol. The van der Waals surface area contributed by atoms with Crippen LogP contribution in [0.5, 0.6) is 0 Å². The Morgan fingerprint density at radius 3 is 2.52 bits per heavy atom. The van der Waals surface area contributed by atoms with Crippen LogP contribution in [0.3, 0.4) is 0 Å². The van der Waals surface area contributed by atoms with Crippen LogP contribution >= 0.6 is 0 Å². The minimum absolute atomic E-state index is 0.0894. The molecule has 1 aliphatic rings. The van der Waals surface area contributed by atoms with Crippen molar-refractivity contribution < 1.29 is 9.90 Å². The highest BCUT2D eigenvalue weighted by atomic mass is 16.3. The van der Waals surface area contributed by atoms with E-state index >= 15 is 0 Å². The van der Waals surface area contributed by atoms with Crippen LogP contribution in [0.1, 0.15) is 37.3 Å². The highest BCUT2D eigenvalue weighted by molar-refractivity contribution is 5.81. The van der Waals surface area contributed by atoms with Crippen LogP contribution in [0.2, 0.25) is 0 Å². The summed E-state index contributed by atoms with van der Waals surface area (Å²) in [6, 6.07) is 17.2. The molecule has 0 radical (unpaired) electrons. The van der Waals surface area contributed by atoms with Crippen molar-refractivity contribution >= 4 is 16.9 Å². The lowest BCUT2D eigenvalue weighted by Crippen LogP contribution is -2.40. The Balaban J connectivity index is 1.67. The van der Waals surface area contributed by atoms with Gasteiger partial charge in [0, 0.05) is 13.1 Å². The fourth-order valence-electron chi connectivity index (χ4n) is 3.75. The summed E-state index contributed by atoms with van der Waals surface area (Å²) in [5, 5.41) is 10.9. The van der Waals surface area contributed by atoms with E-state index in [1.54, 1.807) is 0 Å². The number of aromatic nitrogens is 2. The number of carbonyl (C=O) groups is 1. The highest BCUT2D eigenvalue weighted by Gasteiger charge is 2.25. The van der Waals surface area contributed by atoms with Gasteiger partial charge in [-0.05, 0) is 36.5 Å². The van der Waals surface area contributed by atoms with Crippen molar-refractivity contribution in [3.63, 3.8) is 0 Å². The number of hydrogen-bond donors (Lipinski definition) is 1. The van der Waals surface area contributed by atoms with Crippen LogP contribution in [-0.4, -0.2) is 38.6 Å². The number of carbonyl (C=O) groups excluding carboxylic acids is 1. The second kappa shape index (κ2) is 7.53. The minimum Gasteiger partial charge on any atom is -0.380 e. The van der Waals surface area contributed by atoms with Crippen LogP contribution in [0.15, 0.2) is 54.6 Å². The molecule has 5 heteroatoms. The smallest absolute Gasteiger partial charge is 0.242 e. The number of aliphatic hydroxyl groups is 1. The molecule has 0 saturated carbocycles. The molecule has 1 unspecified atom stereocenters. The van der Waals surface area contributed by atoms with E-state index in [2.05, 4.69) is 11.9 Å². The second-order valence-corrected chi connectivity index (χ2v) is 7.42. The topological polar surface area (TPSA) is 58.4 Å². The summed E-state index contributed by atoms with van der Waals surface area (Å²) in [5.41, 5.74) is 2.44. The Morgan fingerprint density at radius 2 is 1.78 bits per heavy atom. The average molecular weight is 363 g/mol. The zero-order valence-electron chi connectivity index (χ0n) is 15.6. The van der Waals surface area contributed by atoms with Crippen LogP contribution in [0.4, 0.5) is 0 Å². The van der Waals surface area contributed by atoms with E-state index in [-0.39, 0.29) is 12.5 Å². The predicted octanol–water partition coefficient (Wildman–Crippen LogP) is 3.38. The summed E-state index contributed by atoms with van der Waals surface area (Å²) in [4.78, 5) is 19.5. The fraction of sp³-hybridized carbons (Fsp3) is 0.364. The maximum absolute atomic E-state index is 12.9. The lowest BCUT2D eigenvalue weighted by Gasteiger charge is -2.30. The zero-order valence-corrected chi connectivity index (χ0v) is 15.6. The Morgan fingerprint density at radius 1 is 1.11 bits per heavy atom. The van der Waals surface area contributed by atoms with E-state index < -0.39 is 6.10 Å². The zero-order chi connectivity index (χ0) is 18.8. The Labute approximate surface area is 159 Å². The molecule has 1 atom stereocenters. The van der Waals surface area contributed by atoms with Gasteiger partial charge < -0.3 is 14.6 Å². The van der Waals surface area contributed by atoms with Gasteiger partial charge in [-0.25, -0.2) is 4.98 Å². The molecule has 4 rings (SSSR count). The van der Waals surface area contributed by atoms with Gasteiger partial charge in [-0.2, -0.15) is 0 Å². The van der Waals surface area contributed by atoms with Gasteiger partial charge in [-0.1, -0.05) is 49.4 Å². The molecule has 2 heterocycles. The third-order valence-electron chi connectivity index (χ3n) is 5.47. The number of aliphatic hydroxyl groups excluding tert-OH is 1. The molecule has 1 aromatic heterocycles. The van der Waals surface area contributed by atoms with Crippen molar-refractivity contribution in [2.75, 3.05) is 13.1 Å². The first-order valence-corrected chi connectivity index (χ1v) is 9.59. The molecule has 3 aromatic rings. The number of benzene rings is 2. The normalized spacial score (nSPS) is 16.6. The molecule has 1 saturated heterocycles. The van der Waals surface area contributed by atoms with Gasteiger partial charge in [0.25, 0.3) is 0 Å². The average Bonchev–Trinajstić information content (AvgIpc) is 3.07. The molecule has 0 aliphatic carbocycles. The Hall–Kier alpha value is -2.66. The van der Waals surface area contributed by atoms with Crippen molar-refractivity contribution in [3.8, 4) is 0 Å². The molecule has 1 N–H and O–H groups in total. The molecule has 0 spiro atoms. The third kappa shape index (κ3) is 3.60. The molecule has 5 nitrogen and oxygen atoms in total. The quantitative estimate of drug-likeness (QED) is 0.773. The lowest BCUT2D eigenvalue weighted by molar-refractivity contribution is -0.133. The summed E-state index contributed by atoms with van der Waals surface area (Å²) < 4.78 is 1.87. The summed E-state index contributed by atoms with van der Waals surface area (Å²) in [7, 11) is 0. The number of piperidine rings is 1. The molecular weight excluding hydrogens is 338 g/mol. The van der Waals surface area contributed by atoms with Gasteiger partial charge in [0.2, 0.25) is 5.91 Å². The van der Waals surface area contributed by atoms with E-state index in [0.717, 1.165) is 42.5 Å². The largest absolute Gasteiger partial charge is 0.380 e. The van der Waals surface area contributed by atoms with Crippen molar-refractivity contribution in [1.82, 2.24) is 14.5 Å². The predicted molar refractivity (Wildman–Crippen MR) is 105 cm³/mol. The van der Waals surface area contributed by atoms with Crippen molar-refractivity contribution in [2.45, 2.75) is 32.4 Å². The second-order valence-electron chi connectivity index (χ2n) is 7.42. The maximum atomic E-state index is 12.9. The van der Waals surface area contributed by atoms with Gasteiger partial charge in [-0.3, -0.25) is 4.79 Å². The minimum atomic E-state index is -0.868. The Kier molecular flexibility index (Phi) is 4.94. The maximum Gasteiger partial charge on any atom is 0.242 e. The van der Waals surface area contributed by atoms with Crippen LogP contribution < -0.4 is 0 Å². The number of likely N-dealkylation sites (tertiary alicyclic amines) is 1. The Bertz CT molecular complexity index is 927. The van der Waals surface area contributed by atoms with Crippen LogP contribution in [0.25, 0.3) is 11.0 Å². The molecule has 1 aliphatic heterocycles. The van der Waals surface area contributed by atoms with Gasteiger partial charge in [0.05, 0.1) is 11.0 Å². The molecule has 0 bridgehead atoms. The molecule has 1 fully saturated rings. The number of amides is 1. The molecule has 140 valence electrons. The first-order valence-electron chi connectivity index (χ1n) is 9.59. The van der Waals surface area contributed by atoms with Crippen molar-refractivity contribution in [3.05, 3.63) is 66.0 Å². The van der Waals surface area contributed by atoms with E-state index in [1.165, 1.54) is 0 Å². The number of rotatable bonds is 4. The summed E-state index contributed by atoms with van der Waals surface area (Å²) in [6.07, 6.45) is 1.24. The van der Waals surface area contributed by atoms with Crippen LogP contribution in [0, 0.1) is 5.92 Å². The molecule has 27 heavy (non-hydrogen) atoms. The number of para-hydroxylation sites is 2. The summed E-state index contributed by atoms with van der Waals surface area (Å²) in [5.74, 6) is 1.28. The van der Waals surface area contributed by atoms with E-state index in [1.807, 2.05) is 64.1 Å².